The number of thiazole rings is 1. The number of carbonyl (C=O) groups excluding carboxylic acids is 1. The molecule has 222 valence electrons. The largest absolute Gasteiger partial charge is 0.487 e. The van der Waals surface area contributed by atoms with Gasteiger partial charge in [-0.1, -0.05) is 95.2 Å². The van der Waals surface area contributed by atoms with Gasteiger partial charge in [-0.25, -0.2) is 9.79 Å². The van der Waals surface area contributed by atoms with E-state index in [2.05, 4.69) is 46.9 Å². The van der Waals surface area contributed by atoms with Crippen LogP contribution in [0.15, 0.2) is 99.9 Å². The van der Waals surface area contributed by atoms with E-state index in [4.69, 9.17) is 26.1 Å². The number of hydrogen-bond donors (Lipinski definition) is 0. The number of aromatic nitrogens is 1. The maximum absolute atomic E-state index is 14.1. The fourth-order valence-electron chi connectivity index (χ4n) is 5.40. The molecule has 0 N–H and O–H groups in total. The van der Waals surface area contributed by atoms with Gasteiger partial charge in [0.05, 0.1) is 32.0 Å². The van der Waals surface area contributed by atoms with Gasteiger partial charge in [0.2, 0.25) is 0 Å². The maximum atomic E-state index is 14.1. The highest BCUT2D eigenvalue weighted by atomic mass is 127. The Labute approximate surface area is 277 Å². The lowest BCUT2D eigenvalue weighted by atomic mass is 9.95. The summed E-state index contributed by atoms with van der Waals surface area (Å²) < 4.78 is 14.7. The Morgan fingerprint density at radius 2 is 1.82 bits per heavy atom. The fourth-order valence-corrected chi connectivity index (χ4v) is 7.66. The third-order valence-electron chi connectivity index (χ3n) is 7.49. The van der Waals surface area contributed by atoms with E-state index >= 15 is 0 Å². The maximum Gasteiger partial charge on any atom is 0.338 e. The van der Waals surface area contributed by atoms with Crippen molar-refractivity contribution in [2.75, 3.05) is 6.61 Å². The predicted molar refractivity (Wildman–Crippen MR) is 184 cm³/mol. The summed E-state index contributed by atoms with van der Waals surface area (Å²) in [6.45, 7) is 6.10. The number of nitrogens with zero attached hydrogens (tertiary/aromatic N) is 2. The molecule has 0 saturated heterocycles. The van der Waals surface area contributed by atoms with Gasteiger partial charge in [-0.3, -0.25) is 9.36 Å². The van der Waals surface area contributed by atoms with E-state index in [0.717, 1.165) is 31.0 Å². The molecule has 1 atom stereocenters. The molecule has 0 aliphatic carbocycles. The first kappa shape index (κ1) is 30.3. The molecule has 0 amide bonds. The van der Waals surface area contributed by atoms with Gasteiger partial charge < -0.3 is 9.47 Å². The van der Waals surface area contributed by atoms with Crippen LogP contribution in [0.3, 0.4) is 0 Å². The number of allylic oxidation sites excluding steroid dienone is 1. The quantitative estimate of drug-likeness (QED) is 0.132. The van der Waals surface area contributed by atoms with Crippen LogP contribution in [-0.2, 0) is 16.1 Å². The standard InChI is InChI=1S/C35H28ClIN2O4S/c1-4-42-34(41)30-21(3)38-35-39(31(30)23-14-12-20(2)13-15-23)33(40)29(44-35)17-25-16-26(36)18-28(37)32(25)43-19-24-10-7-9-22-8-5-6-11-27(22)24/h5-18,31H,4,19H2,1-3H3/b29-17-/t31-/m0/s1. The summed E-state index contributed by atoms with van der Waals surface area (Å²) in [7, 11) is 0. The second-order valence-electron chi connectivity index (χ2n) is 10.4. The molecule has 0 unspecified atom stereocenters. The van der Waals surface area contributed by atoms with E-state index in [-0.39, 0.29) is 12.2 Å². The summed E-state index contributed by atoms with van der Waals surface area (Å²) in [5.74, 6) is 0.148. The lowest BCUT2D eigenvalue weighted by Gasteiger charge is -2.24. The van der Waals surface area contributed by atoms with Gasteiger partial charge in [0.1, 0.15) is 12.4 Å². The van der Waals surface area contributed by atoms with Crippen LogP contribution in [0, 0.1) is 10.5 Å². The second kappa shape index (κ2) is 12.7. The van der Waals surface area contributed by atoms with E-state index in [1.54, 1.807) is 30.6 Å². The molecule has 1 aliphatic heterocycles. The van der Waals surface area contributed by atoms with Gasteiger partial charge in [0, 0.05) is 10.6 Å². The molecular weight excluding hydrogens is 707 g/mol. The van der Waals surface area contributed by atoms with Crippen LogP contribution in [0.2, 0.25) is 5.02 Å². The normalized spacial score (nSPS) is 14.8. The van der Waals surface area contributed by atoms with Crippen molar-refractivity contribution in [3.63, 3.8) is 0 Å². The highest BCUT2D eigenvalue weighted by molar-refractivity contribution is 14.1. The van der Waals surface area contributed by atoms with E-state index in [9.17, 15) is 9.59 Å². The van der Waals surface area contributed by atoms with Gasteiger partial charge in [0.25, 0.3) is 5.56 Å². The minimum Gasteiger partial charge on any atom is -0.487 e. The minimum atomic E-state index is -0.672. The lowest BCUT2D eigenvalue weighted by Crippen LogP contribution is -2.39. The lowest BCUT2D eigenvalue weighted by molar-refractivity contribution is -0.139. The second-order valence-corrected chi connectivity index (χ2v) is 13.1. The first-order valence-corrected chi connectivity index (χ1v) is 16.4. The molecule has 6 rings (SSSR count). The van der Waals surface area contributed by atoms with E-state index in [1.807, 2.05) is 55.5 Å². The molecule has 0 radical (unpaired) electrons. The number of ether oxygens (including phenoxy) is 2. The summed E-state index contributed by atoms with van der Waals surface area (Å²) in [5, 5.41) is 2.79. The zero-order valence-corrected chi connectivity index (χ0v) is 28.0. The SMILES string of the molecule is CCOC(=O)C1=C(C)N=c2s/c(=C\c3cc(Cl)cc(I)c3OCc3cccc4ccccc34)c(=O)n2[C@H]1c1ccc(C)cc1. The van der Waals surface area contributed by atoms with Crippen LogP contribution < -0.4 is 19.6 Å². The third kappa shape index (κ3) is 5.86. The Morgan fingerprint density at radius 3 is 2.59 bits per heavy atom. The van der Waals surface area contributed by atoms with Crippen LogP contribution in [0.1, 0.15) is 42.1 Å². The van der Waals surface area contributed by atoms with Crippen molar-refractivity contribution in [3.05, 3.63) is 141 Å². The Hall–Kier alpha value is -3.73. The molecule has 2 heterocycles. The number of carbonyl (C=O) groups is 1. The van der Waals surface area contributed by atoms with Crippen molar-refractivity contribution < 1.29 is 14.3 Å². The molecule has 1 aliphatic rings. The molecule has 0 fully saturated rings. The zero-order chi connectivity index (χ0) is 31.0. The fraction of sp³-hybridized carbons (Fsp3) is 0.171. The van der Waals surface area contributed by atoms with E-state index in [1.165, 1.54) is 11.3 Å². The summed E-state index contributed by atoms with van der Waals surface area (Å²) in [6.07, 6.45) is 1.80. The van der Waals surface area contributed by atoms with Crippen LogP contribution in [-0.4, -0.2) is 17.1 Å². The van der Waals surface area contributed by atoms with Gasteiger partial charge in [-0.05, 0) is 83.5 Å². The van der Waals surface area contributed by atoms with Crippen LogP contribution in [0.5, 0.6) is 5.75 Å². The van der Waals surface area contributed by atoms with Gasteiger partial charge in [-0.2, -0.15) is 0 Å². The predicted octanol–water partition coefficient (Wildman–Crippen LogP) is 7.10. The van der Waals surface area contributed by atoms with Crippen LogP contribution in [0.25, 0.3) is 16.8 Å². The summed E-state index contributed by atoms with van der Waals surface area (Å²) >= 11 is 9.98. The zero-order valence-electron chi connectivity index (χ0n) is 24.3. The molecule has 1 aromatic heterocycles. The van der Waals surface area contributed by atoms with Gasteiger partial charge >= 0.3 is 5.97 Å². The summed E-state index contributed by atoms with van der Waals surface area (Å²) in [6, 6.07) is 25.1. The average molecular weight is 735 g/mol. The molecule has 0 bridgehead atoms. The molecule has 6 nitrogen and oxygen atoms in total. The highest BCUT2D eigenvalue weighted by Gasteiger charge is 2.33. The molecule has 4 aromatic carbocycles. The molecule has 44 heavy (non-hydrogen) atoms. The number of rotatable bonds is 7. The first-order chi connectivity index (χ1) is 21.2. The number of halogens is 2. The van der Waals surface area contributed by atoms with Gasteiger partial charge in [-0.15, -0.1) is 0 Å². The van der Waals surface area contributed by atoms with E-state index in [0.29, 0.717) is 43.5 Å². The van der Waals surface area contributed by atoms with Crippen molar-refractivity contribution in [3.8, 4) is 5.75 Å². The molecule has 0 spiro atoms. The smallest absolute Gasteiger partial charge is 0.338 e. The van der Waals surface area contributed by atoms with Crippen LogP contribution in [0.4, 0.5) is 0 Å². The van der Waals surface area contributed by atoms with Crippen LogP contribution >= 0.6 is 45.5 Å². The monoisotopic (exact) mass is 734 g/mol. The average Bonchev–Trinajstić information content (AvgIpc) is 3.30. The number of esters is 1. The van der Waals surface area contributed by atoms with E-state index < -0.39 is 12.0 Å². The van der Waals surface area contributed by atoms with Crippen molar-refractivity contribution in [1.82, 2.24) is 4.57 Å². The first-order valence-electron chi connectivity index (χ1n) is 14.1. The molecule has 0 saturated carbocycles. The summed E-state index contributed by atoms with van der Waals surface area (Å²) in [5.41, 5.74) is 4.23. The Bertz CT molecular complexity index is 2130. The van der Waals surface area contributed by atoms with Gasteiger partial charge in [0.15, 0.2) is 4.80 Å². The number of fused-ring (bicyclic) bond motifs is 2. The van der Waals surface area contributed by atoms with Crippen molar-refractivity contribution in [1.29, 1.82) is 0 Å². The topological polar surface area (TPSA) is 69.9 Å². The highest BCUT2D eigenvalue weighted by Crippen LogP contribution is 2.33. The van der Waals surface area contributed by atoms with Crippen molar-refractivity contribution >= 4 is 68.3 Å². The third-order valence-corrected chi connectivity index (χ3v) is 9.49. The van der Waals surface area contributed by atoms with Crippen molar-refractivity contribution in [2.24, 2.45) is 4.99 Å². The van der Waals surface area contributed by atoms with Crippen molar-refractivity contribution in [2.45, 2.75) is 33.4 Å². The molecular formula is C35H28ClIN2O4S. The minimum absolute atomic E-state index is 0.218. The number of aryl methyl sites for hydroxylation is 1. The summed E-state index contributed by atoms with van der Waals surface area (Å²) in [4.78, 5) is 32.5. The Kier molecular flexibility index (Phi) is 8.75. The number of benzene rings is 4. The Balaban J connectivity index is 1.46. The molecule has 5 aromatic rings. The number of hydrogen-bond acceptors (Lipinski definition) is 6. The Morgan fingerprint density at radius 1 is 1.07 bits per heavy atom. The molecule has 9 heteroatoms.